The van der Waals surface area contributed by atoms with E-state index in [2.05, 4.69) is 10.3 Å². The van der Waals surface area contributed by atoms with Crippen molar-refractivity contribution in [1.82, 2.24) is 4.98 Å². The van der Waals surface area contributed by atoms with Crippen molar-refractivity contribution >= 4 is 11.6 Å². The molecule has 1 amide bonds. The second-order valence-electron chi connectivity index (χ2n) is 4.98. The van der Waals surface area contributed by atoms with Gasteiger partial charge in [-0.3, -0.25) is 9.78 Å². The van der Waals surface area contributed by atoms with E-state index in [4.69, 9.17) is 0 Å². The number of carbonyl (C=O) groups is 1. The van der Waals surface area contributed by atoms with E-state index in [9.17, 15) is 4.79 Å². The highest BCUT2D eigenvalue weighted by Gasteiger charge is 2.16. The van der Waals surface area contributed by atoms with Crippen molar-refractivity contribution in [2.75, 3.05) is 5.32 Å². The molecule has 0 aliphatic heterocycles. The molecule has 1 heterocycles. The predicted octanol–water partition coefficient (Wildman–Crippen LogP) is 2.76. The van der Waals surface area contributed by atoms with E-state index in [0.717, 1.165) is 11.3 Å². The van der Waals surface area contributed by atoms with Crippen LogP contribution in [-0.4, -0.2) is 10.9 Å². The highest BCUT2D eigenvalue weighted by atomic mass is 16.1. The maximum atomic E-state index is 11.6. The molecule has 0 aliphatic carbocycles. The molecule has 0 unspecified atom stereocenters. The molecule has 3 heteroatoms. The molecule has 0 bridgehead atoms. The number of hydrogen-bond acceptors (Lipinski definition) is 2. The minimum absolute atomic E-state index is 0.0141. The fourth-order valence-electron chi connectivity index (χ4n) is 1.27. The van der Waals surface area contributed by atoms with Gasteiger partial charge in [0.05, 0.1) is 11.9 Å². The van der Waals surface area contributed by atoms with Crippen LogP contribution in [-0.2, 0) is 4.79 Å². The van der Waals surface area contributed by atoms with Gasteiger partial charge in [-0.15, -0.1) is 0 Å². The van der Waals surface area contributed by atoms with Crippen LogP contribution in [0.15, 0.2) is 18.5 Å². The molecule has 1 N–H and O–H groups in total. The third-order valence-corrected chi connectivity index (χ3v) is 2.00. The van der Waals surface area contributed by atoms with Gasteiger partial charge < -0.3 is 5.32 Å². The van der Waals surface area contributed by atoms with Gasteiger partial charge >= 0.3 is 0 Å². The van der Waals surface area contributed by atoms with Crippen LogP contribution < -0.4 is 5.32 Å². The van der Waals surface area contributed by atoms with Gasteiger partial charge in [0.25, 0.3) is 0 Å². The van der Waals surface area contributed by atoms with Crippen LogP contribution in [0.2, 0.25) is 0 Å². The number of pyridine rings is 1. The molecule has 1 aromatic rings. The van der Waals surface area contributed by atoms with E-state index in [1.165, 1.54) is 0 Å². The monoisotopic (exact) mass is 206 g/mol. The predicted molar refractivity (Wildman–Crippen MR) is 61.7 cm³/mol. The molecule has 0 saturated carbocycles. The first-order valence-electron chi connectivity index (χ1n) is 5.09. The van der Waals surface area contributed by atoms with Crippen molar-refractivity contribution in [3.8, 4) is 0 Å². The van der Waals surface area contributed by atoms with Crippen molar-refractivity contribution in [3.63, 3.8) is 0 Å². The van der Waals surface area contributed by atoms with Gasteiger partial charge in [-0.2, -0.15) is 0 Å². The lowest BCUT2D eigenvalue weighted by Crippen LogP contribution is -2.20. The molecule has 1 aromatic heterocycles. The van der Waals surface area contributed by atoms with Crippen LogP contribution in [0.4, 0.5) is 5.69 Å². The Balaban J connectivity index is 2.64. The van der Waals surface area contributed by atoms with Gasteiger partial charge in [-0.1, -0.05) is 20.8 Å². The Morgan fingerprint density at radius 3 is 2.67 bits per heavy atom. The highest BCUT2D eigenvalue weighted by Crippen LogP contribution is 2.20. The van der Waals surface area contributed by atoms with Gasteiger partial charge in [0.1, 0.15) is 0 Å². The third kappa shape index (κ3) is 4.11. The van der Waals surface area contributed by atoms with E-state index in [1.54, 1.807) is 12.4 Å². The maximum absolute atomic E-state index is 11.6. The van der Waals surface area contributed by atoms with E-state index < -0.39 is 0 Å². The molecular weight excluding hydrogens is 188 g/mol. The van der Waals surface area contributed by atoms with Crippen molar-refractivity contribution in [3.05, 3.63) is 24.0 Å². The lowest BCUT2D eigenvalue weighted by molar-refractivity contribution is -0.117. The molecule has 15 heavy (non-hydrogen) atoms. The Hall–Kier alpha value is -1.38. The number of hydrogen-bond donors (Lipinski definition) is 1. The van der Waals surface area contributed by atoms with Gasteiger partial charge in [-0.05, 0) is 24.0 Å². The van der Waals surface area contributed by atoms with E-state index in [1.807, 2.05) is 33.8 Å². The first-order chi connectivity index (χ1) is 6.88. The number of aromatic nitrogens is 1. The van der Waals surface area contributed by atoms with Gasteiger partial charge in [0, 0.05) is 12.6 Å². The van der Waals surface area contributed by atoms with E-state index in [-0.39, 0.29) is 11.3 Å². The van der Waals surface area contributed by atoms with Crippen LogP contribution in [0.1, 0.15) is 32.8 Å². The van der Waals surface area contributed by atoms with Crippen molar-refractivity contribution in [2.24, 2.45) is 5.41 Å². The number of carbonyl (C=O) groups excluding carboxylic acids is 1. The first-order valence-corrected chi connectivity index (χ1v) is 5.09. The summed E-state index contributed by atoms with van der Waals surface area (Å²) in [6.45, 7) is 8.09. The summed E-state index contributed by atoms with van der Waals surface area (Å²) in [5.74, 6) is 0.0404. The zero-order valence-electron chi connectivity index (χ0n) is 9.79. The van der Waals surface area contributed by atoms with Crippen molar-refractivity contribution in [2.45, 2.75) is 34.1 Å². The Kier molecular flexibility index (Phi) is 3.45. The average molecular weight is 206 g/mol. The second-order valence-corrected chi connectivity index (χ2v) is 4.98. The molecule has 3 nitrogen and oxygen atoms in total. The molecule has 0 radical (unpaired) electrons. The van der Waals surface area contributed by atoms with Crippen molar-refractivity contribution < 1.29 is 4.79 Å². The van der Waals surface area contributed by atoms with Gasteiger partial charge in [-0.25, -0.2) is 0 Å². The molecular formula is C12H18N2O. The van der Waals surface area contributed by atoms with Crippen LogP contribution >= 0.6 is 0 Å². The summed E-state index contributed by atoms with van der Waals surface area (Å²) in [7, 11) is 0. The summed E-state index contributed by atoms with van der Waals surface area (Å²) in [6.07, 6.45) is 3.91. The summed E-state index contributed by atoms with van der Waals surface area (Å²) < 4.78 is 0. The topological polar surface area (TPSA) is 42.0 Å². The van der Waals surface area contributed by atoms with E-state index in [0.29, 0.717) is 6.42 Å². The molecule has 0 fully saturated rings. The van der Waals surface area contributed by atoms with Crippen LogP contribution in [0.5, 0.6) is 0 Å². The van der Waals surface area contributed by atoms with Crippen LogP contribution in [0.3, 0.4) is 0 Å². The molecule has 0 saturated heterocycles. The molecule has 0 spiro atoms. The normalized spacial score (nSPS) is 11.2. The standard InChI is InChI=1S/C12H18N2O/c1-9-5-6-13-8-10(9)14-11(15)7-12(2,3)4/h5-6,8H,7H2,1-4H3,(H,14,15). The van der Waals surface area contributed by atoms with Gasteiger partial charge in [0.2, 0.25) is 5.91 Å². The Bertz CT molecular complexity index is 353. The number of amides is 1. The zero-order valence-corrected chi connectivity index (χ0v) is 9.79. The summed E-state index contributed by atoms with van der Waals surface area (Å²) in [5.41, 5.74) is 1.85. The fourth-order valence-corrected chi connectivity index (χ4v) is 1.27. The summed E-state index contributed by atoms with van der Waals surface area (Å²) in [6, 6.07) is 1.88. The fraction of sp³-hybridized carbons (Fsp3) is 0.500. The summed E-state index contributed by atoms with van der Waals surface area (Å²) >= 11 is 0. The number of nitrogens with zero attached hydrogens (tertiary/aromatic N) is 1. The summed E-state index contributed by atoms with van der Waals surface area (Å²) in [5, 5.41) is 2.87. The maximum Gasteiger partial charge on any atom is 0.224 e. The molecule has 0 atom stereocenters. The largest absolute Gasteiger partial charge is 0.324 e. The SMILES string of the molecule is Cc1ccncc1NC(=O)CC(C)(C)C. The lowest BCUT2D eigenvalue weighted by Gasteiger charge is -2.17. The van der Waals surface area contributed by atoms with Gasteiger partial charge in [0.15, 0.2) is 0 Å². The summed E-state index contributed by atoms with van der Waals surface area (Å²) in [4.78, 5) is 15.6. The third-order valence-electron chi connectivity index (χ3n) is 2.00. The van der Waals surface area contributed by atoms with Crippen LogP contribution in [0, 0.1) is 12.3 Å². The zero-order chi connectivity index (χ0) is 11.5. The van der Waals surface area contributed by atoms with E-state index >= 15 is 0 Å². The second kappa shape index (κ2) is 4.43. The minimum Gasteiger partial charge on any atom is -0.324 e. The molecule has 0 aliphatic rings. The Labute approximate surface area is 90.9 Å². The molecule has 82 valence electrons. The van der Waals surface area contributed by atoms with Crippen LogP contribution in [0.25, 0.3) is 0 Å². The minimum atomic E-state index is 0.0141. The lowest BCUT2D eigenvalue weighted by atomic mass is 9.92. The Morgan fingerprint density at radius 1 is 1.47 bits per heavy atom. The number of aryl methyl sites for hydroxylation is 1. The Morgan fingerprint density at radius 2 is 2.13 bits per heavy atom. The number of anilines is 1. The first kappa shape index (κ1) is 11.7. The number of rotatable bonds is 2. The average Bonchev–Trinajstić information content (AvgIpc) is 2.05. The van der Waals surface area contributed by atoms with Crippen molar-refractivity contribution in [1.29, 1.82) is 0 Å². The molecule has 0 aromatic carbocycles. The quantitative estimate of drug-likeness (QED) is 0.808. The number of nitrogens with one attached hydrogen (secondary N) is 1. The smallest absolute Gasteiger partial charge is 0.224 e. The molecule has 1 rings (SSSR count). The highest BCUT2D eigenvalue weighted by molar-refractivity contribution is 5.91.